The number of benzene rings is 3. The van der Waals surface area contributed by atoms with Crippen molar-refractivity contribution in [2.45, 2.75) is 25.7 Å². The van der Waals surface area contributed by atoms with Gasteiger partial charge < -0.3 is 0 Å². The minimum Gasteiger partial charge on any atom is -0.280 e. The Morgan fingerprint density at radius 2 is 1.39 bits per heavy atom. The number of rotatable bonds is 3. The summed E-state index contributed by atoms with van der Waals surface area (Å²) < 4.78 is 28.1. The molecule has 3 aromatic rings. The van der Waals surface area contributed by atoms with E-state index in [1.807, 2.05) is 63.2 Å². The van der Waals surface area contributed by atoms with Gasteiger partial charge in [-0.1, -0.05) is 36.4 Å². The first kappa shape index (κ1) is 15.6. The average Bonchev–Trinajstić information content (AvgIpc) is 2.50. The van der Waals surface area contributed by atoms with E-state index in [2.05, 4.69) is 4.72 Å². The predicted molar refractivity (Wildman–Crippen MR) is 95.4 cm³/mol. The van der Waals surface area contributed by atoms with Crippen LogP contribution in [0.3, 0.4) is 0 Å². The summed E-state index contributed by atoms with van der Waals surface area (Å²) in [6.45, 7) is 5.72. The van der Waals surface area contributed by atoms with Gasteiger partial charge in [0.1, 0.15) is 0 Å². The van der Waals surface area contributed by atoms with Crippen LogP contribution in [-0.4, -0.2) is 8.42 Å². The highest BCUT2D eigenvalue weighted by Crippen LogP contribution is 2.25. The number of hydrogen-bond acceptors (Lipinski definition) is 2. The topological polar surface area (TPSA) is 46.2 Å². The minimum absolute atomic E-state index is 0.328. The van der Waals surface area contributed by atoms with Crippen molar-refractivity contribution < 1.29 is 8.42 Å². The van der Waals surface area contributed by atoms with Crippen molar-refractivity contribution in [2.75, 3.05) is 4.72 Å². The Kier molecular flexibility index (Phi) is 3.86. The van der Waals surface area contributed by atoms with Crippen LogP contribution in [0.4, 0.5) is 5.69 Å². The summed E-state index contributed by atoms with van der Waals surface area (Å²) in [5, 5.41) is 2.09. The van der Waals surface area contributed by atoms with Crippen LogP contribution in [0.1, 0.15) is 16.7 Å². The molecule has 0 aliphatic heterocycles. The molecule has 0 bridgehead atoms. The summed E-state index contributed by atoms with van der Waals surface area (Å²) in [5.74, 6) is 0. The van der Waals surface area contributed by atoms with E-state index in [-0.39, 0.29) is 0 Å². The van der Waals surface area contributed by atoms with Gasteiger partial charge in [-0.15, -0.1) is 0 Å². The molecule has 0 aliphatic rings. The van der Waals surface area contributed by atoms with Crippen molar-refractivity contribution >= 4 is 26.5 Å². The standard InChI is InChI=1S/C19H19NO2S/c1-13-10-15(3)19(11-14(13)2)23(21,22)20-18-9-8-16-6-4-5-7-17(16)12-18/h4-12,20H,1-3H3. The van der Waals surface area contributed by atoms with E-state index < -0.39 is 10.0 Å². The number of hydrogen-bond donors (Lipinski definition) is 1. The van der Waals surface area contributed by atoms with Crippen molar-refractivity contribution in [3.63, 3.8) is 0 Å². The molecule has 0 aromatic heterocycles. The summed E-state index contributed by atoms with van der Waals surface area (Å²) in [6, 6.07) is 17.1. The van der Waals surface area contributed by atoms with E-state index in [1.165, 1.54) is 0 Å². The van der Waals surface area contributed by atoms with Gasteiger partial charge in [-0.05, 0) is 66.4 Å². The zero-order chi connectivity index (χ0) is 16.6. The normalized spacial score (nSPS) is 11.6. The molecule has 0 saturated heterocycles. The maximum Gasteiger partial charge on any atom is 0.262 e. The van der Waals surface area contributed by atoms with Crippen LogP contribution in [-0.2, 0) is 10.0 Å². The van der Waals surface area contributed by atoms with Gasteiger partial charge in [0, 0.05) is 5.69 Å². The number of nitrogens with one attached hydrogen (secondary N) is 1. The molecule has 23 heavy (non-hydrogen) atoms. The summed E-state index contributed by atoms with van der Waals surface area (Å²) in [6.07, 6.45) is 0. The van der Waals surface area contributed by atoms with Gasteiger partial charge in [0.05, 0.1) is 4.90 Å². The fourth-order valence-electron chi connectivity index (χ4n) is 2.69. The highest BCUT2D eigenvalue weighted by atomic mass is 32.2. The van der Waals surface area contributed by atoms with Gasteiger partial charge in [0.25, 0.3) is 10.0 Å². The Hall–Kier alpha value is -2.33. The van der Waals surface area contributed by atoms with Crippen LogP contribution < -0.4 is 4.72 Å². The first-order valence-electron chi connectivity index (χ1n) is 7.46. The zero-order valence-corrected chi connectivity index (χ0v) is 14.2. The second kappa shape index (κ2) is 5.70. The third kappa shape index (κ3) is 3.08. The zero-order valence-electron chi connectivity index (χ0n) is 13.4. The molecule has 0 radical (unpaired) electrons. The van der Waals surface area contributed by atoms with Crippen LogP contribution >= 0.6 is 0 Å². The summed E-state index contributed by atoms with van der Waals surface area (Å²) in [5.41, 5.74) is 3.38. The lowest BCUT2D eigenvalue weighted by Crippen LogP contribution is -2.14. The molecule has 0 fully saturated rings. The lowest BCUT2D eigenvalue weighted by molar-refractivity contribution is 0.600. The second-order valence-corrected chi connectivity index (χ2v) is 7.52. The SMILES string of the molecule is Cc1cc(C)c(S(=O)(=O)Nc2ccc3ccccc3c2)cc1C. The van der Waals surface area contributed by atoms with E-state index in [1.54, 1.807) is 12.1 Å². The van der Waals surface area contributed by atoms with Gasteiger partial charge >= 0.3 is 0 Å². The molecule has 118 valence electrons. The predicted octanol–water partition coefficient (Wildman–Crippen LogP) is 4.57. The van der Waals surface area contributed by atoms with Crippen LogP contribution in [0.2, 0.25) is 0 Å². The molecule has 3 nitrogen and oxygen atoms in total. The minimum atomic E-state index is -3.60. The van der Waals surface area contributed by atoms with Crippen LogP contribution in [0.25, 0.3) is 10.8 Å². The van der Waals surface area contributed by atoms with Gasteiger partial charge in [-0.25, -0.2) is 8.42 Å². The molecule has 0 saturated carbocycles. The summed E-state index contributed by atoms with van der Waals surface area (Å²) in [7, 11) is -3.60. The maximum atomic E-state index is 12.7. The van der Waals surface area contributed by atoms with Crippen molar-refractivity contribution in [3.8, 4) is 0 Å². The van der Waals surface area contributed by atoms with Gasteiger partial charge in [-0.3, -0.25) is 4.72 Å². The highest BCUT2D eigenvalue weighted by Gasteiger charge is 2.18. The number of sulfonamides is 1. The van der Waals surface area contributed by atoms with Crippen LogP contribution in [0, 0.1) is 20.8 Å². The lowest BCUT2D eigenvalue weighted by atomic mass is 10.1. The quantitative estimate of drug-likeness (QED) is 0.767. The fourth-order valence-corrected chi connectivity index (χ4v) is 4.05. The molecule has 0 aliphatic carbocycles. The first-order chi connectivity index (χ1) is 10.9. The molecule has 3 rings (SSSR count). The Balaban J connectivity index is 2.01. The molecule has 3 aromatic carbocycles. The van der Waals surface area contributed by atoms with Crippen molar-refractivity contribution in [2.24, 2.45) is 0 Å². The van der Waals surface area contributed by atoms with Gasteiger partial charge in [-0.2, -0.15) is 0 Å². The first-order valence-corrected chi connectivity index (χ1v) is 8.94. The van der Waals surface area contributed by atoms with Crippen molar-refractivity contribution in [3.05, 3.63) is 71.3 Å². The van der Waals surface area contributed by atoms with Gasteiger partial charge in [0.2, 0.25) is 0 Å². The Morgan fingerprint density at radius 3 is 2.13 bits per heavy atom. The molecular weight excluding hydrogens is 306 g/mol. The molecule has 0 atom stereocenters. The molecule has 0 unspecified atom stereocenters. The highest BCUT2D eigenvalue weighted by molar-refractivity contribution is 7.92. The van der Waals surface area contributed by atoms with Crippen LogP contribution in [0.5, 0.6) is 0 Å². The van der Waals surface area contributed by atoms with Gasteiger partial charge in [0.15, 0.2) is 0 Å². The Labute approximate surface area is 137 Å². The van der Waals surface area contributed by atoms with E-state index in [9.17, 15) is 8.42 Å². The summed E-state index contributed by atoms with van der Waals surface area (Å²) in [4.78, 5) is 0.328. The molecule has 0 amide bonds. The third-order valence-electron chi connectivity index (χ3n) is 4.08. The molecule has 4 heteroatoms. The summed E-state index contributed by atoms with van der Waals surface area (Å²) >= 11 is 0. The van der Waals surface area contributed by atoms with Crippen molar-refractivity contribution in [1.82, 2.24) is 0 Å². The molecule has 0 heterocycles. The van der Waals surface area contributed by atoms with E-state index in [4.69, 9.17) is 0 Å². The second-order valence-electron chi connectivity index (χ2n) is 5.87. The Bertz CT molecular complexity index is 991. The van der Waals surface area contributed by atoms with E-state index >= 15 is 0 Å². The lowest BCUT2D eigenvalue weighted by Gasteiger charge is -2.13. The average molecular weight is 325 g/mol. The molecular formula is C19H19NO2S. The third-order valence-corrected chi connectivity index (χ3v) is 5.61. The maximum absolute atomic E-state index is 12.7. The number of fused-ring (bicyclic) bond motifs is 1. The Morgan fingerprint density at radius 1 is 0.739 bits per heavy atom. The fraction of sp³-hybridized carbons (Fsp3) is 0.158. The van der Waals surface area contributed by atoms with E-state index in [0.717, 1.165) is 27.5 Å². The van der Waals surface area contributed by atoms with Crippen molar-refractivity contribution in [1.29, 1.82) is 0 Å². The largest absolute Gasteiger partial charge is 0.280 e. The molecule has 1 N–H and O–H groups in total. The number of anilines is 1. The van der Waals surface area contributed by atoms with Crippen LogP contribution in [0.15, 0.2) is 59.5 Å². The number of aryl methyl sites for hydroxylation is 3. The smallest absolute Gasteiger partial charge is 0.262 e. The monoisotopic (exact) mass is 325 g/mol. The van der Waals surface area contributed by atoms with E-state index in [0.29, 0.717) is 10.6 Å². The molecule has 0 spiro atoms.